The predicted octanol–water partition coefficient (Wildman–Crippen LogP) is 6.57. The van der Waals surface area contributed by atoms with Crippen molar-refractivity contribution in [3.05, 3.63) is 136 Å². The second-order valence-corrected chi connectivity index (χ2v) is 8.18. The molecule has 0 aliphatic carbocycles. The van der Waals surface area contributed by atoms with Gasteiger partial charge in [-0.05, 0) is 28.8 Å². The highest BCUT2D eigenvalue weighted by Crippen LogP contribution is 2.36. The first-order valence-electron chi connectivity index (χ1n) is 11.1. The van der Waals surface area contributed by atoms with Gasteiger partial charge < -0.3 is 9.52 Å². The molecule has 0 saturated heterocycles. The van der Waals surface area contributed by atoms with Gasteiger partial charge in [0, 0.05) is 17.9 Å². The summed E-state index contributed by atoms with van der Waals surface area (Å²) in [6, 6.07) is 33.5. The molecule has 4 heteroatoms. The van der Waals surface area contributed by atoms with Crippen LogP contribution in [0.2, 0.25) is 0 Å². The molecule has 0 radical (unpaired) electrons. The monoisotopic (exact) mass is 446 g/mol. The van der Waals surface area contributed by atoms with Crippen molar-refractivity contribution >= 4 is 16.8 Å². The van der Waals surface area contributed by atoms with Gasteiger partial charge in [-0.2, -0.15) is 0 Å². The van der Waals surface area contributed by atoms with E-state index >= 15 is 0 Å². The molecule has 166 valence electrons. The number of Topliss-reactive ketones (excluding diaryl/α,β-unsaturated/α-hetero) is 1. The molecule has 0 fully saturated rings. The molecule has 0 aliphatic rings. The van der Waals surface area contributed by atoms with Crippen LogP contribution in [0.25, 0.3) is 22.1 Å². The third-order valence-corrected chi connectivity index (χ3v) is 6.07. The third kappa shape index (κ3) is 4.14. The second kappa shape index (κ2) is 9.20. The van der Waals surface area contributed by atoms with Crippen LogP contribution in [0, 0.1) is 0 Å². The molecule has 1 atom stereocenters. The molecule has 1 heterocycles. The maximum atomic E-state index is 13.3. The molecular formula is C30H22O4. The van der Waals surface area contributed by atoms with E-state index in [0.717, 1.165) is 16.7 Å². The van der Waals surface area contributed by atoms with E-state index < -0.39 is 11.5 Å². The van der Waals surface area contributed by atoms with Crippen molar-refractivity contribution in [1.82, 2.24) is 0 Å². The van der Waals surface area contributed by atoms with E-state index in [0.29, 0.717) is 16.5 Å². The quantitative estimate of drug-likeness (QED) is 0.237. The Balaban J connectivity index is 1.53. The van der Waals surface area contributed by atoms with Crippen LogP contribution in [-0.2, 0) is 0 Å². The SMILES string of the molecule is O=C(C[C@H](c1ccccc1)c1c(O)c2ccccc2oc1=O)c1ccc(-c2ccccc2)cc1. The Bertz CT molecular complexity index is 1500. The van der Waals surface area contributed by atoms with Crippen LogP contribution in [0.15, 0.2) is 118 Å². The number of fused-ring (bicyclic) bond motifs is 1. The smallest absolute Gasteiger partial charge is 0.343 e. The molecular weight excluding hydrogens is 424 g/mol. The molecule has 0 aliphatic heterocycles. The van der Waals surface area contributed by atoms with Crippen molar-refractivity contribution < 1.29 is 14.3 Å². The largest absolute Gasteiger partial charge is 0.507 e. The molecule has 4 aromatic carbocycles. The lowest BCUT2D eigenvalue weighted by atomic mass is 9.85. The molecule has 34 heavy (non-hydrogen) atoms. The van der Waals surface area contributed by atoms with Crippen molar-refractivity contribution in [2.45, 2.75) is 12.3 Å². The summed E-state index contributed by atoms with van der Waals surface area (Å²) in [5, 5.41) is 11.5. The van der Waals surface area contributed by atoms with Crippen LogP contribution >= 0.6 is 0 Å². The number of benzene rings is 4. The Morgan fingerprint density at radius 3 is 2.03 bits per heavy atom. The average Bonchev–Trinajstić information content (AvgIpc) is 2.89. The minimum absolute atomic E-state index is 0.0192. The first-order chi connectivity index (χ1) is 16.6. The van der Waals surface area contributed by atoms with Gasteiger partial charge >= 0.3 is 5.63 Å². The van der Waals surface area contributed by atoms with E-state index in [1.165, 1.54) is 0 Å². The summed E-state index contributed by atoms with van der Waals surface area (Å²) in [4.78, 5) is 26.3. The van der Waals surface area contributed by atoms with E-state index in [-0.39, 0.29) is 23.5 Å². The van der Waals surface area contributed by atoms with E-state index in [4.69, 9.17) is 4.42 Å². The molecule has 1 N–H and O–H groups in total. The van der Waals surface area contributed by atoms with Gasteiger partial charge in [0.25, 0.3) is 0 Å². The molecule has 0 saturated carbocycles. The Hall–Kier alpha value is -4.44. The van der Waals surface area contributed by atoms with Crippen LogP contribution < -0.4 is 5.63 Å². The van der Waals surface area contributed by atoms with Gasteiger partial charge in [-0.3, -0.25) is 4.79 Å². The van der Waals surface area contributed by atoms with Crippen LogP contribution in [-0.4, -0.2) is 10.9 Å². The Morgan fingerprint density at radius 1 is 0.735 bits per heavy atom. The lowest BCUT2D eigenvalue weighted by Gasteiger charge is -2.18. The summed E-state index contributed by atoms with van der Waals surface area (Å²) in [5.74, 6) is -0.920. The number of carbonyl (C=O) groups is 1. The number of aromatic hydroxyl groups is 1. The van der Waals surface area contributed by atoms with Gasteiger partial charge in [-0.1, -0.05) is 97.1 Å². The lowest BCUT2D eigenvalue weighted by Crippen LogP contribution is -2.17. The van der Waals surface area contributed by atoms with Crippen LogP contribution in [0.3, 0.4) is 0 Å². The number of para-hydroxylation sites is 1. The Kier molecular flexibility index (Phi) is 5.79. The minimum Gasteiger partial charge on any atom is -0.507 e. The highest BCUT2D eigenvalue weighted by atomic mass is 16.4. The van der Waals surface area contributed by atoms with Gasteiger partial charge in [-0.15, -0.1) is 0 Å². The minimum atomic E-state index is -0.650. The molecule has 4 nitrogen and oxygen atoms in total. The average molecular weight is 447 g/mol. The van der Waals surface area contributed by atoms with Crippen LogP contribution in [0.5, 0.6) is 5.75 Å². The zero-order valence-electron chi connectivity index (χ0n) is 18.3. The molecule has 0 amide bonds. The van der Waals surface area contributed by atoms with E-state index in [1.807, 2.05) is 72.8 Å². The van der Waals surface area contributed by atoms with E-state index in [9.17, 15) is 14.7 Å². The topological polar surface area (TPSA) is 67.5 Å². The number of rotatable bonds is 6. The van der Waals surface area contributed by atoms with E-state index in [1.54, 1.807) is 36.4 Å². The summed E-state index contributed by atoms with van der Waals surface area (Å²) in [5.41, 5.74) is 3.16. The Morgan fingerprint density at radius 2 is 1.32 bits per heavy atom. The standard InChI is InChI=1S/C30H22O4/c31-26(23-17-15-21(16-18-23)20-9-3-1-4-10-20)19-25(22-11-5-2-6-12-22)28-29(32)24-13-7-8-14-27(24)34-30(28)33/h1-18,25,32H,19H2/t25-/m1/s1. The van der Waals surface area contributed by atoms with Crippen molar-refractivity contribution in [3.8, 4) is 16.9 Å². The molecule has 0 unspecified atom stereocenters. The van der Waals surface area contributed by atoms with Crippen molar-refractivity contribution in [2.75, 3.05) is 0 Å². The van der Waals surface area contributed by atoms with Gasteiger partial charge in [0.15, 0.2) is 5.78 Å². The predicted molar refractivity (Wildman–Crippen MR) is 133 cm³/mol. The van der Waals surface area contributed by atoms with Gasteiger partial charge in [0.05, 0.1) is 10.9 Å². The van der Waals surface area contributed by atoms with Gasteiger partial charge in [0.2, 0.25) is 0 Å². The number of hydrogen-bond acceptors (Lipinski definition) is 4. The van der Waals surface area contributed by atoms with Crippen molar-refractivity contribution in [1.29, 1.82) is 0 Å². The molecule has 5 rings (SSSR count). The normalized spacial score (nSPS) is 11.9. The maximum Gasteiger partial charge on any atom is 0.343 e. The number of ketones is 1. The summed E-state index contributed by atoms with van der Waals surface area (Å²) in [7, 11) is 0. The van der Waals surface area contributed by atoms with Crippen molar-refractivity contribution in [2.24, 2.45) is 0 Å². The van der Waals surface area contributed by atoms with Crippen LogP contribution in [0.4, 0.5) is 0 Å². The molecule has 5 aromatic rings. The lowest BCUT2D eigenvalue weighted by molar-refractivity contribution is 0.0977. The first kappa shape index (κ1) is 21.4. The molecule has 0 bridgehead atoms. The zero-order valence-corrected chi connectivity index (χ0v) is 18.3. The fourth-order valence-corrected chi connectivity index (χ4v) is 4.31. The Labute approximate surface area is 196 Å². The molecule has 0 spiro atoms. The van der Waals surface area contributed by atoms with Gasteiger partial charge in [-0.25, -0.2) is 4.79 Å². The summed E-state index contributed by atoms with van der Waals surface area (Å²) in [6.07, 6.45) is 0.0192. The first-order valence-corrected chi connectivity index (χ1v) is 11.1. The van der Waals surface area contributed by atoms with Crippen LogP contribution in [0.1, 0.15) is 33.8 Å². The third-order valence-electron chi connectivity index (χ3n) is 6.07. The molecule has 1 aromatic heterocycles. The fourth-order valence-electron chi connectivity index (χ4n) is 4.31. The highest BCUT2D eigenvalue weighted by molar-refractivity contribution is 5.97. The summed E-state index contributed by atoms with van der Waals surface area (Å²) in [6.45, 7) is 0. The number of hydrogen-bond donors (Lipinski definition) is 1. The van der Waals surface area contributed by atoms with Gasteiger partial charge in [0.1, 0.15) is 11.3 Å². The second-order valence-electron chi connectivity index (χ2n) is 8.18. The number of carbonyl (C=O) groups excluding carboxylic acids is 1. The zero-order chi connectivity index (χ0) is 23.5. The summed E-state index contributed by atoms with van der Waals surface area (Å²) >= 11 is 0. The van der Waals surface area contributed by atoms with E-state index in [2.05, 4.69) is 0 Å². The summed E-state index contributed by atoms with van der Waals surface area (Å²) < 4.78 is 5.50. The fraction of sp³-hybridized carbons (Fsp3) is 0.0667. The highest BCUT2D eigenvalue weighted by Gasteiger charge is 2.27. The van der Waals surface area contributed by atoms with Crippen molar-refractivity contribution in [3.63, 3.8) is 0 Å². The maximum absolute atomic E-state index is 13.3.